The van der Waals surface area contributed by atoms with Gasteiger partial charge in [0, 0.05) is 19.6 Å². The maximum atomic E-state index is 13.1. The molecule has 3 atom stereocenters. The van der Waals surface area contributed by atoms with Crippen molar-refractivity contribution in [1.29, 1.82) is 0 Å². The number of sulfonamides is 1. The Bertz CT molecular complexity index is 817. The second-order valence-electron chi connectivity index (χ2n) is 7.77. The molecule has 3 rings (SSSR count). The van der Waals surface area contributed by atoms with Crippen LogP contribution in [-0.2, 0) is 24.3 Å². The Morgan fingerprint density at radius 2 is 1.90 bits per heavy atom. The molecule has 2 aliphatic heterocycles. The van der Waals surface area contributed by atoms with Gasteiger partial charge in [0.2, 0.25) is 15.9 Å². The van der Waals surface area contributed by atoms with Crippen molar-refractivity contribution in [3.05, 3.63) is 30.1 Å². The molecule has 31 heavy (non-hydrogen) atoms. The summed E-state index contributed by atoms with van der Waals surface area (Å²) in [6.07, 6.45) is 0.762. The zero-order chi connectivity index (χ0) is 22.3. The highest BCUT2D eigenvalue weighted by Crippen LogP contribution is 2.23. The van der Waals surface area contributed by atoms with E-state index in [1.54, 1.807) is 0 Å². The van der Waals surface area contributed by atoms with E-state index in [4.69, 9.17) is 9.47 Å². The van der Waals surface area contributed by atoms with Gasteiger partial charge in [0.1, 0.15) is 5.82 Å². The summed E-state index contributed by atoms with van der Waals surface area (Å²) in [5, 5.41) is 12.6. The molecule has 1 aromatic carbocycles. The topological polar surface area (TPSA) is 117 Å². The fraction of sp³-hybridized carbons (Fsp3) is 0.650. The molecule has 3 N–H and O–H groups in total. The second-order valence-corrected chi connectivity index (χ2v) is 9.48. The predicted octanol–water partition coefficient (Wildman–Crippen LogP) is -0.149. The molecule has 0 bridgehead atoms. The van der Waals surface area contributed by atoms with Crippen LogP contribution in [0.2, 0.25) is 0 Å². The van der Waals surface area contributed by atoms with Crippen LogP contribution < -0.4 is 10.0 Å². The van der Waals surface area contributed by atoms with Gasteiger partial charge in [0.25, 0.3) is 0 Å². The number of ether oxygens (including phenoxy) is 2. The van der Waals surface area contributed by atoms with Gasteiger partial charge in [-0.25, -0.2) is 17.5 Å². The van der Waals surface area contributed by atoms with Crippen LogP contribution >= 0.6 is 0 Å². The minimum absolute atomic E-state index is 0.0457. The minimum atomic E-state index is -3.86. The fourth-order valence-electron chi connectivity index (χ4n) is 3.75. The van der Waals surface area contributed by atoms with Gasteiger partial charge in [0.15, 0.2) is 0 Å². The molecule has 0 aromatic heterocycles. The summed E-state index contributed by atoms with van der Waals surface area (Å²) in [6, 6.07) is 3.96. The van der Waals surface area contributed by atoms with Crippen molar-refractivity contribution in [2.45, 2.75) is 42.4 Å². The van der Waals surface area contributed by atoms with Crippen LogP contribution in [0.15, 0.2) is 29.2 Å². The number of rotatable bonds is 9. The highest BCUT2D eigenvalue weighted by Gasteiger charge is 2.33. The maximum Gasteiger partial charge on any atom is 0.240 e. The number of carbonyl (C=O) groups is 1. The number of nitrogens with zero attached hydrogens (tertiary/aromatic N) is 1. The van der Waals surface area contributed by atoms with E-state index in [1.165, 1.54) is 12.1 Å². The number of aliphatic hydroxyl groups excluding tert-OH is 1. The zero-order valence-electron chi connectivity index (χ0n) is 17.3. The molecule has 2 saturated heterocycles. The van der Waals surface area contributed by atoms with Gasteiger partial charge in [-0.15, -0.1) is 0 Å². The number of hydrogen-bond acceptors (Lipinski definition) is 7. The molecule has 0 saturated carbocycles. The summed E-state index contributed by atoms with van der Waals surface area (Å²) in [4.78, 5) is 14.1. The minimum Gasteiger partial charge on any atom is -0.394 e. The van der Waals surface area contributed by atoms with E-state index < -0.39 is 28.0 Å². The predicted molar refractivity (Wildman–Crippen MR) is 110 cm³/mol. The SMILES string of the molecule is O=C(CN1CCOCC1)NCC[C@H]1CC[C@H](NS(=O)(=O)c2ccc(F)cc2)[C@@H](CO)O1. The third-order valence-electron chi connectivity index (χ3n) is 5.49. The average Bonchev–Trinajstić information content (AvgIpc) is 2.75. The van der Waals surface area contributed by atoms with Gasteiger partial charge in [0.05, 0.1) is 49.5 Å². The molecule has 0 unspecified atom stereocenters. The molecular weight excluding hydrogens is 429 g/mol. The highest BCUT2D eigenvalue weighted by molar-refractivity contribution is 7.89. The Balaban J connectivity index is 1.43. The number of amides is 1. The third-order valence-corrected chi connectivity index (χ3v) is 6.99. The Labute approximate surface area is 181 Å². The number of halogens is 1. The molecule has 11 heteroatoms. The molecule has 174 valence electrons. The Morgan fingerprint density at radius 3 is 2.58 bits per heavy atom. The molecule has 2 heterocycles. The van der Waals surface area contributed by atoms with Crippen LogP contribution in [0.25, 0.3) is 0 Å². The van der Waals surface area contributed by atoms with E-state index in [-0.39, 0.29) is 23.5 Å². The lowest BCUT2D eigenvalue weighted by Crippen LogP contribution is -2.51. The first kappa shape index (κ1) is 24.0. The van der Waals surface area contributed by atoms with E-state index in [2.05, 4.69) is 10.0 Å². The van der Waals surface area contributed by atoms with Crippen molar-refractivity contribution in [2.24, 2.45) is 0 Å². The number of nitrogens with one attached hydrogen (secondary N) is 2. The van der Waals surface area contributed by atoms with Crippen molar-refractivity contribution in [3.63, 3.8) is 0 Å². The zero-order valence-corrected chi connectivity index (χ0v) is 18.2. The van der Waals surface area contributed by atoms with Crippen molar-refractivity contribution < 1.29 is 32.2 Å². The van der Waals surface area contributed by atoms with E-state index in [9.17, 15) is 22.7 Å². The van der Waals surface area contributed by atoms with Gasteiger partial charge in [-0.2, -0.15) is 0 Å². The maximum absolute atomic E-state index is 13.1. The van der Waals surface area contributed by atoms with Gasteiger partial charge < -0.3 is 19.9 Å². The van der Waals surface area contributed by atoms with E-state index in [0.29, 0.717) is 45.6 Å². The van der Waals surface area contributed by atoms with Crippen molar-refractivity contribution >= 4 is 15.9 Å². The van der Waals surface area contributed by atoms with Crippen LogP contribution in [0.1, 0.15) is 19.3 Å². The normalized spacial score (nSPS) is 25.3. The quantitative estimate of drug-likeness (QED) is 0.470. The lowest BCUT2D eigenvalue weighted by Gasteiger charge is -2.36. The molecule has 0 aliphatic carbocycles. The summed E-state index contributed by atoms with van der Waals surface area (Å²) in [6.45, 7) is 3.20. The first-order chi connectivity index (χ1) is 14.9. The smallest absolute Gasteiger partial charge is 0.240 e. The van der Waals surface area contributed by atoms with Crippen LogP contribution in [0.5, 0.6) is 0 Å². The van der Waals surface area contributed by atoms with Crippen molar-refractivity contribution in [3.8, 4) is 0 Å². The molecule has 2 aliphatic rings. The summed E-state index contributed by atoms with van der Waals surface area (Å²) in [7, 11) is -3.86. The number of hydrogen-bond donors (Lipinski definition) is 3. The van der Waals surface area contributed by atoms with Gasteiger partial charge >= 0.3 is 0 Å². The summed E-state index contributed by atoms with van der Waals surface area (Å²) in [5.74, 6) is -0.575. The largest absolute Gasteiger partial charge is 0.394 e. The van der Waals surface area contributed by atoms with E-state index >= 15 is 0 Å². The molecular formula is C20H30FN3O6S. The number of morpholine rings is 1. The van der Waals surface area contributed by atoms with Gasteiger partial charge in [-0.3, -0.25) is 9.69 Å². The number of carbonyl (C=O) groups excluding carboxylic acids is 1. The monoisotopic (exact) mass is 459 g/mol. The molecule has 0 radical (unpaired) electrons. The van der Waals surface area contributed by atoms with Crippen LogP contribution in [0, 0.1) is 5.82 Å². The lowest BCUT2D eigenvalue weighted by atomic mass is 9.98. The van der Waals surface area contributed by atoms with Gasteiger partial charge in [-0.1, -0.05) is 0 Å². The Hall–Kier alpha value is -1.63. The first-order valence-electron chi connectivity index (χ1n) is 10.5. The first-order valence-corrected chi connectivity index (χ1v) is 12.0. The summed E-state index contributed by atoms with van der Waals surface area (Å²) < 4.78 is 51.8. The summed E-state index contributed by atoms with van der Waals surface area (Å²) in [5.41, 5.74) is 0. The van der Waals surface area contributed by atoms with Crippen LogP contribution in [0.4, 0.5) is 4.39 Å². The third kappa shape index (κ3) is 7.19. The number of benzene rings is 1. The van der Waals surface area contributed by atoms with Crippen LogP contribution in [-0.4, -0.2) is 88.6 Å². The fourth-order valence-corrected chi connectivity index (χ4v) is 5.05. The lowest BCUT2D eigenvalue weighted by molar-refractivity contribution is -0.123. The summed E-state index contributed by atoms with van der Waals surface area (Å²) >= 11 is 0. The van der Waals surface area contributed by atoms with Gasteiger partial charge in [-0.05, 0) is 43.5 Å². The van der Waals surface area contributed by atoms with E-state index in [1.807, 2.05) is 4.90 Å². The molecule has 1 aromatic rings. The number of aliphatic hydroxyl groups is 1. The van der Waals surface area contributed by atoms with Crippen molar-refractivity contribution in [2.75, 3.05) is 46.0 Å². The highest BCUT2D eigenvalue weighted by atomic mass is 32.2. The van der Waals surface area contributed by atoms with Crippen LogP contribution in [0.3, 0.4) is 0 Å². The second kappa shape index (κ2) is 11.3. The molecule has 1 amide bonds. The Morgan fingerprint density at radius 1 is 1.19 bits per heavy atom. The van der Waals surface area contributed by atoms with Crippen molar-refractivity contribution in [1.82, 2.24) is 14.9 Å². The average molecular weight is 460 g/mol. The molecule has 0 spiro atoms. The molecule has 9 nitrogen and oxygen atoms in total. The Kier molecular flexibility index (Phi) is 8.76. The molecule has 2 fully saturated rings. The standard InChI is InChI=1S/C20H30FN3O6S/c21-15-1-4-17(5-2-15)31(27,28)23-18-6-3-16(30-19(18)14-25)7-8-22-20(26)13-24-9-11-29-12-10-24/h1-2,4-5,16,18-19,23,25H,3,6-14H2,(H,22,26)/t16-,18+,19-/m1/s1. The van der Waals surface area contributed by atoms with E-state index in [0.717, 1.165) is 25.2 Å².